The van der Waals surface area contributed by atoms with Crippen LogP contribution in [-0.4, -0.2) is 15.6 Å². The Morgan fingerprint density at radius 2 is 2.29 bits per heavy atom. The second kappa shape index (κ2) is 5.34. The second-order valence-corrected chi connectivity index (χ2v) is 4.81. The highest BCUT2D eigenvalue weighted by atomic mass is 16.1. The first kappa shape index (κ1) is 12.1. The number of nitrogens with one attached hydrogen (secondary N) is 1. The minimum Gasteiger partial charge on any atom is -0.362 e. The topological polar surface area (TPSA) is 46.9 Å². The van der Waals surface area contributed by atoms with Crippen molar-refractivity contribution in [3.8, 4) is 0 Å². The first-order valence-electron chi connectivity index (χ1n) is 6.58. The van der Waals surface area contributed by atoms with Gasteiger partial charge in [-0.05, 0) is 25.2 Å². The van der Waals surface area contributed by atoms with Crippen LogP contribution in [0, 0.1) is 5.92 Å². The lowest BCUT2D eigenvalue weighted by molar-refractivity contribution is 0.647. The van der Waals surface area contributed by atoms with E-state index in [0.29, 0.717) is 11.9 Å². The zero-order valence-corrected chi connectivity index (χ0v) is 10.6. The molecule has 1 heterocycles. The van der Waals surface area contributed by atoms with Gasteiger partial charge in [-0.15, -0.1) is 0 Å². The third kappa shape index (κ3) is 2.87. The number of anilines is 1. The fourth-order valence-corrected chi connectivity index (χ4v) is 2.25. The minimum absolute atomic E-state index is 0.0106. The van der Waals surface area contributed by atoms with E-state index in [2.05, 4.69) is 24.1 Å². The maximum Gasteiger partial charge on any atom is 0.293 e. The van der Waals surface area contributed by atoms with Crippen LogP contribution >= 0.6 is 0 Å². The van der Waals surface area contributed by atoms with Crippen molar-refractivity contribution in [1.82, 2.24) is 9.55 Å². The van der Waals surface area contributed by atoms with Crippen LogP contribution in [0.15, 0.2) is 17.2 Å². The van der Waals surface area contributed by atoms with Gasteiger partial charge in [-0.3, -0.25) is 4.79 Å². The zero-order chi connectivity index (χ0) is 12.3. The molecular formula is C13H21N3O. The van der Waals surface area contributed by atoms with E-state index < -0.39 is 0 Å². The smallest absolute Gasteiger partial charge is 0.293 e. The Bertz CT molecular complexity index is 427. The largest absolute Gasteiger partial charge is 0.362 e. The van der Waals surface area contributed by atoms with E-state index in [9.17, 15) is 4.79 Å². The van der Waals surface area contributed by atoms with Crippen LogP contribution < -0.4 is 10.9 Å². The molecule has 0 spiro atoms. The molecule has 1 aliphatic rings. The molecule has 2 unspecified atom stereocenters. The van der Waals surface area contributed by atoms with Crippen LogP contribution in [-0.2, 0) is 6.54 Å². The van der Waals surface area contributed by atoms with Gasteiger partial charge in [0.2, 0.25) is 0 Å². The van der Waals surface area contributed by atoms with E-state index in [-0.39, 0.29) is 5.56 Å². The molecule has 94 valence electrons. The van der Waals surface area contributed by atoms with E-state index in [0.717, 1.165) is 18.9 Å². The van der Waals surface area contributed by atoms with Crippen LogP contribution in [0.1, 0.15) is 39.5 Å². The van der Waals surface area contributed by atoms with Gasteiger partial charge in [0.05, 0.1) is 0 Å². The van der Waals surface area contributed by atoms with Crippen molar-refractivity contribution in [3.63, 3.8) is 0 Å². The van der Waals surface area contributed by atoms with Crippen molar-refractivity contribution in [1.29, 1.82) is 0 Å². The monoisotopic (exact) mass is 235 g/mol. The predicted octanol–water partition coefficient (Wildman–Crippen LogP) is 2.25. The number of nitrogens with zero attached hydrogens (tertiary/aromatic N) is 2. The molecule has 17 heavy (non-hydrogen) atoms. The third-order valence-corrected chi connectivity index (χ3v) is 3.28. The Morgan fingerprint density at radius 1 is 1.47 bits per heavy atom. The molecule has 0 saturated heterocycles. The standard InChI is InChI=1S/C13H21N3O/c1-3-5-10-9-11(10)15-12-13(17)16(7-4-2)8-6-14-12/h6,8,10-11H,3-5,7,9H2,1-2H3,(H,14,15). The van der Waals surface area contributed by atoms with E-state index >= 15 is 0 Å². The molecular weight excluding hydrogens is 214 g/mol. The highest BCUT2D eigenvalue weighted by Crippen LogP contribution is 2.36. The van der Waals surface area contributed by atoms with Crippen LogP contribution in [0.5, 0.6) is 0 Å². The van der Waals surface area contributed by atoms with Crippen molar-refractivity contribution >= 4 is 5.82 Å². The van der Waals surface area contributed by atoms with Gasteiger partial charge in [-0.25, -0.2) is 4.98 Å². The van der Waals surface area contributed by atoms with Crippen molar-refractivity contribution in [2.45, 2.75) is 52.1 Å². The van der Waals surface area contributed by atoms with E-state index in [1.165, 1.54) is 19.3 Å². The molecule has 0 radical (unpaired) electrons. The van der Waals surface area contributed by atoms with Crippen LogP contribution in [0.2, 0.25) is 0 Å². The molecule has 0 amide bonds. The second-order valence-electron chi connectivity index (χ2n) is 4.81. The maximum absolute atomic E-state index is 12.0. The number of aromatic nitrogens is 2. The molecule has 1 aliphatic carbocycles. The van der Waals surface area contributed by atoms with Crippen LogP contribution in [0.25, 0.3) is 0 Å². The Labute approximate surface area is 102 Å². The van der Waals surface area contributed by atoms with Gasteiger partial charge >= 0.3 is 0 Å². The molecule has 1 aromatic rings. The fourth-order valence-electron chi connectivity index (χ4n) is 2.25. The van der Waals surface area contributed by atoms with Crippen molar-refractivity contribution in [2.75, 3.05) is 5.32 Å². The van der Waals surface area contributed by atoms with Crippen LogP contribution in [0.4, 0.5) is 5.82 Å². The van der Waals surface area contributed by atoms with Crippen molar-refractivity contribution in [2.24, 2.45) is 5.92 Å². The normalized spacial score (nSPS) is 22.5. The SMILES string of the molecule is CCCC1CC1Nc1nccn(CCC)c1=O. The van der Waals surface area contributed by atoms with Gasteiger partial charge in [0, 0.05) is 25.0 Å². The minimum atomic E-state index is 0.0106. The van der Waals surface area contributed by atoms with Crippen molar-refractivity contribution < 1.29 is 0 Å². The average Bonchev–Trinajstić information content (AvgIpc) is 3.03. The molecule has 1 aromatic heterocycles. The molecule has 0 aliphatic heterocycles. The summed E-state index contributed by atoms with van der Waals surface area (Å²) >= 11 is 0. The predicted molar refractivity (Wildman–Crippen MR) is 69.2 cm³/mol. The van der Waals surface area contributed by atoms with Crippen LogP contribution in [0.3, 0.4) is 0 Å². The first-order chi connectivity index (χ1) is 8.26. The molecule has 0 aromatic carbocycles. The zero-order valence-electron chi connectivity index (χ0n) is 10.6. The first-order valence-corrected chi connectivity index (χ1v) is 6.58. The number of aryl methyl sites for hydroxylation is 1. The molecule has 2 atom stereocenters. The quantitative estimate of drug-likeness (QED) is 0.822. The summed E-state index contributed by atoms with van der Waals surface area (Å²) in [5.74, 6) is 1.26. The summed E-state index contributed by atoms with van der Waals surface area (Å²) in [6.45, 7) is 5.03. The van der Waals surface area contributed by atoms with Gasteiger partial charge in [0.25, 0.3) is 5.56 Å². The van der Waals surface area contributed by atoms with Gasteiger partial charge in [-0.2, -0.15) is 0 Å². The summed E-state index contributed by atoms with van der Waals surface area (Å²) in [6, 6.07) is 0.465. The van der Waals surface area contributed by atoms with E-state index in [1.54, 1.807) is 17.0 Å². The fraction of sp³-hybridized carbons (Fsp3) is 0.692. The Balaban J connectivity index is 2.02. The number of rotatable bonds is 6. The van der Waals surface area contributed by atoms with Crippen molar-refractivity contribution in [3.05, 3.63) is 22.7 Å². The summed E-state index contributed by atoms with van der Waals surface area (Å²) in [6.07, 6.45) is 8.06. The molecule has 1 N–H and O–H groups in total. The third-order valence-electron chi connectivity index (χ3n) is 3.28. The molecule has 1 fully saturated rings. The molecule has 0 bridgehead atoms. The average molecular weight is 235 g/mol. The van der Waals surface area contributed by atoms with Gasteiger partial charge in [0.1, 0.15) is 0 Å². The summed E-state index contributed by atoms with van der Waals surface area (Å²) < 4.78 is 1.73. The summed E-state index contributed by atoms with van der Waals surface area (Å²) in [5, 5.41) is 3.27. The Morgan fingerprint density at radius 3 is 3.00 bits per heavy atom. The number of hydrogen-bond acceptors (Lipinski definition) is 3. The summed E-state index contributed by atoms with van der Waals surface area (Å²) in [7, 11) is 0. The lowest BCUT2D eigenvalue weighted by Crippen LogP contribution is -2.25. The number of hydrogen-bond donors (Lipinski definition) is 1. The molecule has 2 rings (SSSR count). The van der Waals surface area contributed by atoms with E-state index in [1.807, 2.05) is 0 Å². The summed E-state index contributed by atoms with van der Waals surface area (Å²) in [5.41, 5.74) is 0.0106. The summed E-state index contributed by atoms with van der Waals surface area (Å²) in [4.78, 5) is 16.2. The Hall–Kier alpha value is -1.32. The molecule has 4 nitrogen and oxygen atoms in total. The molecule has 4 heteroatoms. The van der Waals surface area contributed by atoms with Gasteiger partial charge in [-0.1, -0.05) is 20.3 Å². The lowest BCUT2D eigenvalue weighted by atomic mass is 10.2. The van der Waals surface area contributed by atoms with Gasteiger partial charge < -0.3 is 9.88 Å². The van der Waals surface area contributed by atoms with E-state index in [4.69, 9.17) is 0 Å². The highest BCUT2D eigenvalue weighted by Gasteiger charge is 2.36. The Kier molecular flexibility index (Phi) is 3.82. The van der Waals surface area contributed by atoms with Gasteiger partial charge in [0.15, 0.2) is 5.82 Å². The maximum atomic E-state index is 12.0. The lowest BCUT2D eigenvalue weighted by Gasteiger charge is -2.07. The highest BCUT2D eigenvalue weighted by molar-refractivity contribution is 5.34. The molecule has 1 saturated carbocycles.